The number of likely N-dealkylation sites (tertiary alicyclic amines) is 1. The number of primary amides is 1. The van der Waals surface area contributed by atoms with E-state index in [4.69, 9.17) is 11.5 Å². The number of nitrogen functional groups attached to an aromatic ring is 1. The van der Waals surface area contributed by atoms with Gasteiger partial charge in [0.05, 0.1) is 23.2 Å². The zero-order valence-corrected chi connectivity index (χ0v) is 26.3. The van der Waals surface area contributed by atoms with E-state index in [1.54, 1.807) is 11.9 Å². The molecule has 45 heavy (non-hydrogen) atoms. The third-order valence-corrected chi connectivity index (χ3v) is 11.7. The maximum atomic E-state index is 16.3. The molecule has 4 fully saturated rings. The summed E-state index contributed by atoms with van der Waals surface area (Å²) in [7, 11) is 1.67. The van der Waals surface area contributed by atoms with Crippen molar-refractivity contribution in [2.45, 2.75) is 83.5 Å². The first-order chi connectivity index (χ1) is 21.0. The number of rotatable bonds is 6. The molecule has 1 aliphatic heterocycles. The Morgan fingerprint density at radius 2 is 1.76 bits per heavy atom. The zero-order valence-electron chi connectivity index (χ0n) is 26.3. The first kappa shape index (κ1) is 31.7. The van der Waals surface area contributed by atoms with Crippen molar-refractivity contribution < 1.29 is 38.6 Å². The first-order valence-corrected chi connectivity index (χ1v) is 16.0. The molecule has 6 N–H and O–H groups in total. The highest BCUT2D eigenvalue weighted by Crippen LogP contribution is 2.53. The van der Waals surface area contributed by atoms with E-state index in [0.29, 0.717) is 13.1 Å². The lowest BCUT2D eigenvalue weighted by atomic mass is 9.52. The van der Waals surface area contributed by atoms with Crippen molar-refractivity contribution in [1.82, 2.24) is 9.80 Å². The summed E-state index contributed by atoms with van der Waals surface area (Å²) < 4.78 is 16.3. The number of phenolic OH excluding ortho intramolecular Hbond substituents is 1. The number of Topliss-reactive ketones (excluding diaryl/α,β-unsaturated/α-hetero) is 4. The second-order valence-corrected chi connectivity index (χ2v) is 14.8. The Hall–Kier alpha value is -3.22. The molecule has 8 atom stereocenters. The van der Waals surface area contributed by atoms with Gasteiger partial charge in [-0.05, 0) is 69.5 Å². The lowest BCUT2D eigenvalue weighted by Gasteiger charge is -2.53. The van der Waals surface area contributed by atoms with Crippen molar-refractivity contribution in [3.8, 4) is 5.75 Å². The molecular weight excluding hydrogens is 583 g/mol. The Kier molecular flexibility index (Phi) is 7.53. The normalized spacial score (nSPS) is 36.0. The van der Waals surface area contributed by atoms with Gasteiger partial charge in [0.25, 0.3) is 0 Å². The highest BCUT2D eigenvalue weighted by Gasteiger charge is 2.70. The molecule has 8 unspecified atom stereocenters. The minimum absolute atomic E-state index is 0.0554. The monoisotopic (exact) mass is 626 g/mol. The number of carbonyl (C=O) groups is 5. The molecule has 1 aromatic carbocycles. The van der Waals surface area contributed by atoms with E-state index in [0.717, 1.165) is 25.7 Å². The fourth-order valence-electron chi connectivity index (χ4n) is 8.71. The Bertz CT molecular complexity index is 1520. The molecular formula is C33H43FN4O7. The van der Waals surface area contributed by atoms with E-state index in [1.807, 2.05) is 6.92 Å². The molecule has 0 bridgehead atoms. The van der Waals surface area contributed by atoms with Gasteiger partial charge in [-0.25, -0.2) is 4.39 Å². The number of likely N-dealkylation sites (N-methyl/N-ethyl adjacent to an activating group) is 1. The summed E-state index contributed by atoms with van der Waals surface area (Å²) in [4.78, 5) is 71.7. The van der Waals surface area contributed by atoms with Gasteiger partial charge in [-0.15, -0.1) is 0 Å². The highest BCUT2D eigenvalue weighted by atomic mass is 19.1. The molecule has 244 valence electrons. The summed E-state index contributed by atoms with van der Waals surface area (Å²) in [5.74, 6) is -12.3. The third-order valence-electron chi connectivity index (χ3n) is 11.7. The third kappa shape index (κ3) is 4.66. The molecule has 3 saturated carbocycles. The number of nitrogens with two attached hydrogens (primary N) is 2. The van der Waals surface area contributed by atoms with E-state index in [-0.39, 0.29) is 53.6 Å². The molecule has 0 radical (unpaired) electrons. The van der Waals surface area contributed by atoms with Crippen LogP contribution in [0.5, 0.6) is 5.75 Å². The maximum Gasteiger partial charge on any atom is 0.235 e. The van der Waals surface area contributed by atoms with Crippen LogP contribution in [0.2, 0.25) is 0 Å². The number of halogens is 1. The molecule has 4 aliphatic carbocycles. The zero-order chi connectivity index (χ0) is 32.9. The van der Waals surface area contributed by atoms with Crippen LogP contribution in [0.25, 0.3) is 0 Å². The van der Waals surface area contributed by atoms with Gasteiger partial charge in [-0.1, -0.05) is 27.2 Å². The van der Waals surface area contributed by atoms with Crippen LogP contribution in [0.1, 0.15) is 74.4 Å². The number of aromatic hydroxyl groups is 1. The minimum Gasteiger partial charge on any atom is -0.505 e. The predicted molar refractivity (Wildman–Crippen MR) is 160 cm³/mol. The van der Waals surface area contributed by atoms with Gasteiger partial charge in [0.2, 0.25) is 5.91 Å². The molecule has 11 nitrogen and oxygen atoms in total. The van der Waals surface area contributed by atoms with E-state index in [1.165, 1.54) is 0 Å². The summed E-state index contributed by atoms with van der Waals surface area (Å²) in [6.45, 7) is 7.92. The number of aliphatic hydroxyl groups is 1. The topological polar surface area (TPSA) is 184 Å². The number of fused-ring (bicyclic) bond motifs is 3. The SMILES string of the molecule is CCC1CC1N(C)C1C(=O)C(C(N)=O)C(=O)C2(O)C(=O)C3C(=O)c4c(O)c(N)c(CN5CCC(C)(C)CC5)c(F)c4CC3CC12. The number of carbonyl (C=O) groups excluding carboxylic acids is 5. The van der Waals surface area contributed by atoms with Gasteiger partial charge in [0, 0.05) is 29.6 Å². The Balaban J connectivity index is 1.39. The van der Waals surface area contributed by atoms with Crippen LogP contribution in [-0.2, 0) is 32.1 Å². The summed E-state index contributed by atoms with van der Waals surface area (Å²) >= 11 is 0. The number of ketones is 4. The molecule has 6 rings (SSSR count). The van der Waals surface area contributed by atoms with E-state index < -0.39 is 81.5 Å². The number of benzene rings is 1. The molecule has 0 aromatic heterocycles. The Labute approximate surface area is 261 Å². The van der Waals surface area contributed by atoms with Crippen molar-refractivity contribution in [3.05, 3.63) is 22.5 Å². The molecule has 5 aliphatic rings. The fraction of sp³-hybridized carbons (Fsp3) is 0.667. The van der Waals surface area contributed by atoms with Crippen molar-refractivity contribution in [3.63, 3.8) is 0 Å². The number of anilines is 1. The highest BCUT2D eigenvalue weighted by molar-refractivity contribution is 6.32. The van der Waals surface area contributed by atoms with Crippen LogP contribution >= 0.6 is 0 Å². The van der Waals surface area contributed by atoms with Crippen LogP contribution in [0.15, 0.2) is 0 Å². The number of amides is 1. The summed E-state index contributed by atoms with van der Waals surface area (Å²) in [6, 6.07) is -1.24. The Morgan fingerprint density at radius 3 is 2.33 bits per heavy atom. The van der Waals surface area contributed by atoms with Gasteiger partial charge in [-0.2, -0.15) is 0 Å². The van der Waals surface area contributed by atoms with Gasteiger partial charge >= 0.3 is 0 Å². The minimum atomic E-state index is -2.83. The van der Waals surface area contributed by atoms with E-state index >= 15 is 4.39 Å². The summed E-state index contributed by atoms with van der Waals surface area (Å²) in [5.41, 5.74) is 8.34. The van der Waals surface area contributed by atoms with Gasteiger partial charge in [0.1, 0.15) is 11.6 Å². The first-order valence-electron chi connectivity index (χ1n) is 16.0. The lowest BCUT2D eigenvalue weighted by molar-refractivity contribution is -0.182. The molecule has 1 aromatic rings. The van der Waals surface area contributed by atoms with Crippen LogP contribution in [0.3, 0.4) is 0 Å². The van der Waals surface area contributed by atoms with Crippen molar-refractivity contribution in [1.29, 1.82) is 0 Å². The second-order valence-electron chi connectivity index (χ2n) is 14.8. The standard InChI is InChI=1S/C33H43FN4O7/c1-5-14-12-19(14)37(4)25-18-11-15-10-16-21(26(39)20(15)29(42)33(18,45)30(43)22(28(25)41)31(36)44)27(40)24(35)17(23(16)34)13-38-8-6-32(2,3)7-9-38/h14-15,18-20,22,25,40,45H,5-13,35H2,1-4H3,(H2,36,44). The summed E-state index contributed by atoms with van der Waals surface area (Å²) in [6.07, 6.45) is 3.16. The van der Waals surface area contributed by atoms with Crippen LogP contribution < -0.4 is 11.5 Å². The number of piperidine rings is 1. The van der Waals surface area contributed by atoms with Crippen molar-refractivity contribution >= 4 is 34.7 Å². The Morgan fingerprint density at radius 1 is 1.11 bits per heavy atom. The van der Waals surface area contributed by atoms with Crippen LogP contribution in [0.4, 0.5) is 10.1 Å². The largest absolute Gasteiger partial charge is 0.505 e. The average molecular weight is 627 g/mol. The lowest BCUT2D eigenvalue weighted by Crippen LogP contribution is -2.74. The maximum absolute atomic E-state index is 16.3. The van der Waals surface area contributed by atoms with Gasteiger partial charge in [-0.3, -0.25) is 33.8 Å². The molecule has 1 heterocycles. The van der Waals surface area contributed by atoms with E-state index in [2.05, 4.69) is 18.7 Å². The summed E-state index contributed by atoms with van der Waals surface area (Å²) in [5, 5.41) is 23.1. The molecule has 12 heteroatoms. The number of nitrogens with zero attached hydrogens (tertiary/aromatic N) is 2. The van der Waals surface area contributed by atoms with Gasteiger partial charge in [0.15, 0.2) is 34.7 Å². The van der Waals surface area contributed by atoms with E-state index in [9.17, 15) is 34.2 Å². The van der Waals surface area contributed by atoms with Crippen LogP contribution in [-0.4, -0.2) is 86.9 Å². The number of phenols is 1. The van der Waals surface area contributed by atoms with Crippen LogP contribution in [0, 0.1) is 40.8 Å². The van der Waals surface area contributed by atoms with Crippen molar-refractivity contribution in [2.75, 3.05) is 25.9 Å². The molecule has 1 amide bonds. The quantitative estimate of drug-likeness (QED) is 0.204. The average Bonchev–Trinajstić information content (AvgIpc) is 3.77. The predicted octanol–water partition coefficient (Wildman–Crippen LogP) is 1.38. The van der Waals surface area contributed by atoms with Gasteiger partial charge < -0.3 is 21.7 Å². The number of hydrogen-bond donors (Lipinski definition) is 4. The fourth-order valence-corrected chi connectivity index (χ4v) is 8.71. The molecule has 0 spiro atoms. The smallest absolute Gasteiger partial charge is 0.235 e. The number of hydrogen-bond acceptors (Lipinski definition) is 10. The van der Waals surface area contributed by atoms with Crippen molar-refractivity contribution in [2.24, 2.45) is 40.7 Å². The second kappa shape index (κ2) is 10.7. The molecule has 1 saturated heterocycles.